The second kappa shape index (κ2) is 7.00. The number of rotatable bonds is 4. The average molecular weight is 392 g/mol. The summed E-state index contributed by atoms with van der Waals surface area (Å²) in [7, 11) is -3.46. The molecule has 2 heterocycles. The van der Waals surface area contributed by atoms with E-state index in [0.29, 0.717) is 23.0 Å². The van der Waals surface area contributed by atoms with E-state index in [4.69, 9.17) is 11.6 Å². The monoisotopic (exact) mass is 391 g/mol. The van der Waals surface area contributed by atoms with Crippen molar-refractivity contribution in [1.29, 1.82) is 0 Å². The molecule has 0 spiro atoms. The normalized spacial score (nSPS) is 17.0. The molecule has 136 valence electrons. The maximum Gasteiger partial charge on any atom is 0.243 e. The number of quaternary nitrogens is 1. The van der Waals surface area contributed by atoms with E-state index in [1.807, 2.05) is 24.5 Å². The molecular formula is C18H20ClN4O2S+. The van der Waals surface area contributed by atoms with Crippen LogP contribution in [0.2, 0.25) is 5.02 Å². The topological polar surface area (TPSA) is 59.6 Å². The second-order valence-corrected chi connectivity index (χ2v) is 8.84. The van der Waals surface area contributed by atoms with Gasteiger partial charge in [-0.2, -0.15) is 4.31 Å². The summed E-state index contributed by atoms with van der Waals surface area (Å²) in [6.45, 7) is 3.33. The number of nitrogens with zero attached hydrogens (tertiary/aromatic N) is 3. The smallest absolute Gasteiger partial charge is 0.243 e. The third-order valence-electron chi connectivity index (χ3n) is 4.80. The Morgan fingerprint density at radius 3 is 2.46 bits per heavy atom. The number of para-hydroxylation sites is 2. The molecule has 4 rings (SSSR count). The van der Waals surface area contributed by atoms with E-state index < -0.39 is 10.0 Å². The van der Waals surface area contributed by atoms with Crippen LogP contribution in [-0.4, -0.2) is 48.5 Å². The van der Waals surface area contributed by atoms with E-state index >= 15 is 0 Å². The minimum absolute atomic E-state index is 0.297. The van der Waals surface area contributed by atoms with Gasteiger partial charge in [0.1, 0.15) is 6.33 Å². The summed E-state index contributed by atoms with van der Waals surface area (Å²) in [5.74, 6) is 0. The highest BCUT2D eigenvalue weighted by Gasteiger charge is 2.30. The zero-order valence-corrected chi connectivity index (χ0v) is 15.7. The molecule has 0 atom stereocenters. The molecule has 0 saturated carbocycles. The standard InChI is InChI=1S/C18H19ClN4O2S/c19-15-5-7-16(8-6-15)26(24,25)23-11-9-21(10-12-23)14-22-13-20-17-3-1-2-4-18(17)22/h1-8,13H,9-12,14H2/p+1. The molecule has 2 aromatic carbocycles. The number of halogens is 1. The first kappa shape index (κ1) is 17.5. The number of imidazole rings is 1. The zero-order chi connectivity index (χ0) is 18.1. The molecule has 1 fully saturated rings. The van der Waals surface area contributed by atoms with Gasteiger partial charge in [-0.1, -0.05) is 23.7 Å². The van der Waals surface area contributed by atoms with Gasteiger partial charge in [0.2, 0.25) is 10.0 Å². The SMILES string of the molecule is O=S(=O)(c1ccc(Cl)cc1)N1CC[NH+](Cn2cnc3ccccc32)CC1. The van der Waals surface area contributed by atoms with Crippen LogP contribution in [0.5, 0.6) is 0 Å². The number of hydrogen-bond acceptors (Lipinski definition) is 3. The average Bonchev–Trinajstić information content (AvgIpc) is 3.06. The van der Waals surface area contributed by atoms with Gasteiger partial charge in [-0.25, -0.2) is 13.4 Å². The Balaban J connectivity index is 1.43. The lowest BCUT2D eigenvalue weighted by molar-refractivity contribution is -0.925. The van der Waals surface area contributed by atoms with E-state index in [-0.39, 0.29) is 0 Å². The maximum atomic E-state index is 12.8. The van der Waals surface area contributed by atoms with Crippen LogP contribution < -0.4 is 4.90 Å². The van der Waals surface area contributed by atoms with Crippen molar-refractivity contribution in [2.24, 2.45) is 0 Å². The van der Waals surface area contributed by atoms with Crippen LogP contribution in [0, 0.1) is 0 Å². The molecule has 1 N–H and O–H groups in total. The minimum Gasteiger partial charge on any atom is -0.315 e. The molecule has 1 saturated heterocycles. The molecule has 3 aromatic rings. The highest BCUT2D eigenvalue weighted by Crippen LogP contribution is 2.18. The predicted molar refractivity (Wildman–Crippen MR) is 101 cm³/mol. The Kier molecular flexibility index (Phi) is 4.71. The van der Waals surface area contributed by atoms with E-state index in [1.54, 1.807) is 28.6 Å². The van der Waals surface area contributed by atoms with Crippen LogP contribution >= 0.6 is 11.6 Å². The van der Waals surface area contributed by atoms with Crippen LogP contribution in [0.4, 0.5) is 0 Å². The minimum atomic E-state index is -3.46. The Labute approximate surface area is 157 Å². The summed E-state index contributed by atoms with van der Waals surface area (Å²) in [6.07, 6.45) is 1.86. The summed E-state index contributed by atoms with van der Waals surface area (Å²) in [6, 6.07) is 14.4. The van der Waals surface area contributed by atoms with Crippen molar-refractivity contribution in [2.75, 3.05) is 26.2 Å². The van der Waals surface area contributed by atoms with Crippen molar-refractivity contribution in [3.8, 4) is 0 Å². The molecule has 8 heteroatoms. The first-order valence-electron chi connectivity index (χ1n) is 8.53. The fraction of sp³-hybridized carbons (Fsp3) is 0.278. The number of nitrogens with one attached hydrogen (secondary N) is 1. The van der Waals surface area contributed by atoms with Crippen molar-refractivity contribution < 1.29 is 13.3 Å². The molecule has 0 radical (unpaired) electrons. The highest BCUT2D eigenvalue weighted by molar-refractivity contribution is 7.89. The Morgan fingerprint density at radius 2 is 1.73 bits per heavy atom. The molecule has 1 aliphatic heterocycles. The third kappa shape index (κ3) is 3.35. The molecule has 6 nitrogen and oxygen atoms in total. The van der Waals surface area contributed by atoms with Crippen LogP contribution in [0.25, 0.3) is 11.0 Å². The van der Waals surface area contributed by atoms with Gasteiger partial charge < -0.3 is 4.90 Å². The van der Waals surface area contributed by atoms with Crippen molar-refractivity contribution in [1.82, 2.24) is 13.9 Å². The number of hydrogen-bond donors (Lipinski definition) is 1. The summed E-state index contributed by atoms with van der Waals surface area (Å²) in [5, 5.41) is 0.533. The quantitative estimate of drug-likeness (QED) is 0.728. The van der Waals surface area contributed by atoms with Crippen molar-refractivity contribution >= 4 is 32.7 Å². The summed E-state index contributed by atoms with van der Waals surface area (Å²) >= 11 is 5.86. The van der Waals surface area contributed by atoms with Crippen molar-refractivity contribution in [2.45, 2.75) is 11.6 Å². The molecule has 1 aromatic heterocycles. The third-order valence-corrected chi connectivity index (χ3v) is 6.97. The zero-order valence-electron chi connectivity index (χ0n) is 14.2. The van der Waals surface area contributed by atoms with Crippen LogP contribution in [0.1, 0.15) is 0 Å². The fourth-order valence-corrected chi connectivity index (χ4v) is 4.90. The van der Waals surface area contributed by atoms with Crippen molar-refractivity contribution in [3.63, 3.8) is 0 Å². The Hall–Kier alpha value is -1.93. The fourth-order valence-electron chi connectivity index (χ4n) is 3.33. The highest BCUT2D eigenvalue weighted by atomic mass is 35.5. The molecule has 1 aliphatic rings. The van der Waals surface area contributed by atoms with Gasteiger partial charge in [0.25, 0.3) is 0 Å². The number of benzene rings is 2. The summed E-state index contributed by atoms with van der Waals surface area (Å²) < 4.78 is 29.2. The van der Waals surface area contributed by atoms with E-state index in [2.05, 4.69) is 15.6 Å². The summed E-state index contributed by atoms with van der Waals surface area (Å²) in [5.41, 5.74) is 2.09. The van der Waals surface area contributed by atoms with Crippen LogP contribution in [-0.2, 0) is 16.7 Å². The van der Waals surface area contributed by atoms with Crippen molar-refractivity contribution in [3.05, 3.63) is 59.9 Å². The van der Waals surface area contributed by atoms with Gasteiger partial charge in [0, 0.05) is 5.02 Å². The maximum absolute atomic E-state index is 12.8. The Bertz CT molecular complexity index is 1010. The molecule has 0 aliphatic carbocycles. The molecule has 26 heavy (non-hydrogen) atoms. The molecule has 0 bridgehead atoms. The molecule has 0 unspecified atom stereocenters. The van der Waals surface area contributed by atoms with Gasteiger partial charge in [0.15, 0.2) is 6.67 Å². The van der Waals surface area contributed by atoms with Gasteiger partial charge >= 0.3 is 0 Å². The lowest BCUT2D eigenvalue weighted by Gasteiger charge is -2.31. The predicted octanol–water partition coefficient (Wildman–Crippen LogP) is 1.24. The number of sulfonamides is 1. The van der Waals surface area contributed by atoms with Gasteiger partial charge in [-0.15, -0.1) is 0 Å². The molecular weight excluding hydrogens is 372 g/mol. The number of aromatic nitrogens is 2. The largest absolute Gasteiger partial charge is 0.315 e. The Morgan fingerprint density at radius 1 is 1.04 bits per heavy atom. The second-order valence-electron chi connectivity index (χ2n) is 6.47. The van der Waals surface area contributed by atoms with E-state index in [1.165, 1.54) is 4.90 Å². The number of piperazine rings is 1. The van der Waals surface area contributed by atoms with E-state index in [0.717, 1.165) is 30.8 Å². The first-order chi connectivity index (χ1) is 12.5. The van der Waals surface area contributed by atoms with Crippen LogP contribution in [0.15, 0.2) is 59.8 Å². The van der Waals surface area contributed by atoms with Crippen LogP contribution in [0.3, 0.4) is 0 Å². The first-order valence-corrected chi connectivity index (χ1v) is 10.3. The summed E-state index contributed by atoms with van der Waals surface area (Å²) in [4.78, 5) is 6.06. The van der Waals surface area contributed by atoms with Gasteiger partial charge in [-0.05, 0) is 36.4 Å². The van der Waals surface area contributed by atoms with Gasteiger partial charge in [-0.3, -0.25) is 4.57 Å². The number of fused-ring (bicyclic) bond motifs is 1. The van der Waals surface area contributed by atoms with Gasteiger partial charge in [0.05, 0.1) is 42.1 Å². The van der Waals surface area contributed by atoms with E-state index in [9.17, 15) is 8.42 Å². The molecule has 0 amide bonds. The lowest BCUT2D eigenvalue weighted by Crippen LogP contribution is -3.14. The lowest BCUT2D eigenvalue weighted by atomic mass is 10.3.